The largest absolute Gasteiger partial charge is 0.352 e. The number of aliphatic imine (C=N–C) groups is 1. The molecule has 30 heavy (non-hydrogen) atoms. The van der Waals surface area contributed by atoms with E-state index in [4.69, 9.17) is 0 Å². The van der Waals surface area contributed by atoms with Gasteiger partial charge in [-0.15, -0.1) is 0 Å². The fourth-order valence-corrected chi connectivity index (χ4v) is 3.18. The molecule has 0 aliphatic rings. The molecule has 0 spiro atoms. The number of hydrogen-bond acceptors (Lipinski definition) is 3. The van der Waals surface area contributed by atoms with Crippen LogP contribution in [0.15, 0.2) is 53.5 Å². The molecular weight excluding hydrogens is 374 g/mol. The van der Waals surface area contributed by atoms with Crippen LogP contribution < -0.4 is 10.6 Å². The third-order valence-corrected chi connectivity index (χ3v) is 5.14. The van der Waals surface area contributed by atoms with E-state index in [2.05, 4.69) is 58.6 Å². The summed E-state index contributed by atoms with van der Waals surface area (Å²) in [7, 11) is 5.29. The van der Waals surface area contributed by atoms with Gasteiger partial charge in [0.05, 0.1) is 0 Å². The topological polar surface area (TPSA) is 60.0 Å². The summed E-state index contributed by atoms with van der Waals surface area (Å²) in [6.07, 6.45) is 0. The van der Waals surface area contributed by atoms with Gasteiger partial charge in [-0.05, 0) is 41.9 Å². The molecule has 6 heteroatoms. The summed E-state index contributed by atoms with van der Waals surface area (Å²) < 4.78 is 0. The number of carbonyl (C=O) groups is 1. The number of rotatable bonds is 9. The quantitative estimate of drug-likeness (QED) is 0.494. The van der Waals surface area contributed by atoms with Crippen molar-refractivity contribution >= 4 is 11.9 Å². The fourth-order valence-electron chi connectivity index (χ4n) is 3.18. The molecule has 0 bridgehead atoms. The van der Waals surface area contributed by atoms with Crippen molar-refractivity contribution in [3.05, 3.63) is 70.8 Å². The van der Waals surface area contributed by atoms with Crippen molar-refractivity contribution in [2.75, 3.05) is 34.2 Å². The first kappa shape index (κ1) is 23.4. The van der Waals surface area contributed by atoms with Crippen LogP contribution in [0.5, 0.6) is 0 Å². The molecule has 2 aromatic rings. The Morgan fingerprint density at radius 2 is 1.50 bits per heavy atom. The smallest absolute Gasteiger partial charge is 0.253 e. The second-order valence-electron chi connectivity index (χ2n) is 7.41. The molecule has 0 atom stereocenters. The number of nitrogens with zero attached hydrogens (tertiary/aromatic N) is 3. The Bertz CT molecular complexity index is 826. The highest BCUT2D eigenvalue weighted by Crippen LogP contribution is 2.12. The van der Waals surface area contributed by atoms with Crippen LogP contribution in [0.2, 0.25) is 0 Å². The molecule has 0 heterocycles. The van der Waals surface area contributed by atoms with Crippen molar-refractivity contribution in [2.45, 2.75) is 33.5 Å². The molecule has 1 amide bonds. The number of amides is 1. The first-order valence-corrected chi connectivity index (χ1v) is 10.5. The summed E-state index contributed by atoms with van der Waals surface area (Å²) in [4.78, 5) is 20.3. The Labute approximate surface area is 181 Å². The first-order chi connectivity index (χ1) is 14.5. The molecule has 2 N–H and O–H groups in total. The van der Waals surface area contributed by atoms with E-state index in [9.17, 15) is 4.79 Å². The maximum Gasteiger partial charge on any atom is 0.253 e. The van der Waals surface area contributed by atoms with Crippen molar-refractivity contribution < 1.29 is 4.79 Å². The maximum absolute atomic E-state index is 12.0. The second-order valence-corrected chi connectivity index (χ2v) is 7.41. The van der Waals surface area contributed by atoms with Crippen LogP contribution in [0.1, 0.15) is 40.9 Å². The normalized spacial score (nSPS) is 11.5. The van der Waals surface area contributed by atoms with Gasteiger partial charge in [0.2, 0.25) is 0 Å². The van der Waals surface area contributed by atoms with Crippen LogP contribution in [-0.4, -0.2) is 55.9 Å². The summed E-state index contributed by atoms with van der Waals surface area (Å²) >= 11 is 0. The molecule has 0 unspecified atom stereocenters. The minimum absolute atomic E-state index is 0.00959. The van der Waals surface area contributed by atoms with Crippen LogP contribution in [0.3, 0.4) is 0 Å². The van der Waals surface area contributed by atoms with Gasteiger partial charge in [0.15, 0.2) is 5.96 Å². The highest BCUT2D eigenvalue weighted by molar-refractivity contribution is 5.93. The van der Waals surface area contributed by atoms with Crippen LogP contribution >= 0.6 is 0 Å². The number of hydrogen-bond donors (Lipinski definition) is 2. The molecule has 0 saturated carbocycles. The molecule has 0 aliphatic carbocycles. The van der Waals surface area contributed by atoms with Crippen LogP contribution in [0, 0.1) is 0 Å². The van der Waals surface area contributed by atoms with E-state index >= 15 is 0 Å². The van der Waals surface area contributed by atoms with Gasteiger partial charge in [-0.25, -0.2) is 0 Å². The van der Waals surface area contributed by atoms with E-state index in [1.54, 1.807) is 26.0 Å². The van der Waals surface area contributed by atoms with Crippen LogP contribution in [0.4, 0.5) is 0 Å². The third kappa shape index (κ3) is 6.88. The van der Waals surface area contributed by atoms with E-state index in [1.165, 1.54) is 11.1 Å². The number of nitrogens with one attached hydrogen (secondary N) is 2. The third-order valence-electron chi connectivity index (χ3n) is 5.14. The summed E-state index contributed by atoms with van der Waals surface area (Å²) in [5.41, 5.74) is 4.40. The van der Waals surface area contributed by atoms with Crippen molar-refractivity contribution in [3.63, 3.8) is 0 Å². The predicted octanol–water partition coefficient (Wildman–Crippen LogP) is 3.10. The monoisotopic (exact) mass is 409 g/mol. The van der Waals surface area contributed by atoms with Gasteiger partial charge >= 0.3 is 0 Å². The molecule has 6 nitrogen and oxygen atoms in total. The van der Waals surface area contributed by atoms with Gasteiger partial charge in [-0.2, -0.15) is 0 Å². The Morgan fingerprint density at radius 1 is 0.900 bits per heavy atom. The van der Waals surface area contributed by atoms with Gasteiger partial charge in [-0.3, -0.25) is 14.7 Å². The van der Waals surface area contributed by atoms with Gasteiger partial charge in [0.1, 0.15) is 0 Å². The number of benzene rings is 2. The van der Waals surface area contributed by atoms with Gasteiger partial charge in [0.25, 0.3) is 5.91 Å². The molecule has 2 aromatic carbocycles. The Morgan fingerprint density at radius 3 is 2.07 bits per heavy atom. The Balaban J connectivity index is 1.92. The highest BCUT2D eigenvalue weighted by Gasteiger charge is 2.09. The van der Waals surface area contributed by atoms with Crippen LogP contribution in [0.25, 0.3) is 0 Å². The zero-order valence-electron chi connectivity index (χ0n) is 18.9. The molecule has 162 valence electrons. The number of carbonyl (C=O) groups excluding carboxylic acids is 1. The van der Waals surface area contributed by atoms with Gasteiger partial charge < -0.3 is 15.5 Å². The van der Waals surface area contributed by atoms with Crippen LogP contribution in [-0.2, 0) is 19.6 Å². The molecule has 0 radical (unpaired) electrons. The lowest BCUT2D eigenvalue weighted by Gasteiger charge is -2.20. The summed E-state index contributed by atoms with van der Waals surface area (Å²) in [6, 6.07) is 16.2. The molecule has 0 aliphatic heterocycles. The second kappa shape index (κ2) is 12.0. The van der Waals surface area contributed by atoms with E-state index in [0.29, 0.717) is 18.7 Å². The minimum atomic E-state index is 0.00959. The highest BCUT2D eigenvalue weighted by atomic mass is 16.2. The zero-order chi connectivity index (χ0) is 21.9. The van der Waals surface area contributed by atoms with Crippen molar-refractivity contribution in [2.24, 2.45) is 4.99 Å². The lowest BCUT2D eigenvalue weighted by molar-refractivity contribution is 0.0827. The molecule has 0 saturated heterocycles. The Hall–Kier alpha value is -2.86. The maximum atomic E-state index is 12.0. The minimum Gasteiger partial charge on any atom is -0.352 e. The van der Waals surface area contributed by atoms with Crippen molar-refractivity contribution in [3.8, 4) is 0 Å². The van der Waals surface area contributed by atoms with E-state index in [1.807, 2.05) is 24.3 Å². The standard InChI is InChI=1S/C24H35N5O/c1-6-29(7-2)18-22-11-9-8-10-21(22)17-27-24(25-3)26-16-19-12-14-20(15-13-19)23(30)28(4)5/h8-15H,6-7,16-18H2,1-5H3,(H2,25,26,27). The van der Waals surface area contributed by atoms with Gasteiger partial charge in [-0.1, -0.05) is 50.2 Å². The van der Waals surface area contributed by atoms with Crippen molar-refractivity contribution in [1.29, 1.82) is 0 Å². The zero-order valence-corrected chi connectivity index (χ0v) is 18.9. The molecule has 2 rings (SSSR count). The average molecular weight is 410 g/mol. The Kier molecular flexibility index (Phi) is 9.35. The van der Waals surface area contributed by atoms with Gasteiger partial charge in [0, 0.05) is 46.3 Å². The first-order valence-electron chi connectivity index (χ1n) is 10.5. The fraction of sp³-hybridized carbons (Fsp3) is 0.417. The summed E-state index contributed by atoms with van der Waals surface area (Å²) in [5.74, 6) is 0.761. The van der Waals surface area contributed by atoms with E-state index < -0.39 is 0 Å². The lowest BCUT2D eigenvalue weighted by atomic mass is 10.1. The lowest BCUT2D eigenvalue weighted by Crippen LogP contribution is -2.36. The van der Waals surface area contributed by atoms with Crippen molar-refractivity contribution in [1.82, 2.24) is 20.4 Å². The predicted molar refractivity (Wildman–Crippen MR) is 125 cm³/mol. The van der Waals surface area contributed by atoms with E-state index in [-0.39, 0.29) is 5.91 Å². The number of guanidine groups is 1. The molecule has 0 aromatic heterocycles. The average Bonchev–Trinajstić information content (AvgIpc) is 2.78. The summed E-state index contributed by atoms with van der Waals surface area (Å²) in [5, 5.41) is 6.75. The summed E-state index contributed by atoms with van der Waals surface area (Å²) in [6.45, 7) is 8.78. The SMILES string of the molecule is CCN(CC)Cc1ccccc1CNC(=NC)NCc1ccc(C(=O)N(C)C)cc1. The molecule has 0 fully saturated rings. The molecular formula is C24H35N5O. The van der Waals surface area contributed by atoms with E-state index in [0.717, 1.165) is 31.2 Å².